The minimum Gasteiger partial charge on any atom is -0.467 e. The molecule has 0 aromatic carbocycles. The summed E-state index contributed by atoms with van der Waals surface area (Å²) < 4.78 is 4.72. The average molecular weight is 256 g/mol. The molecule has 1 amide bonds. The maximum absolute atomic E-state index is 12.1. The summed E-state index contributed by atoms with van der Waals surface area (Å²) >= 11 is 0. The van der Waals surface area contributed by atoms with E-state index in [1.165, 1.54) is 7.11 Å². The van der Waals surface area contributed by atoms with Crippen LogP contribution in [0, 0.1) is 11.8 Å². The van der Waals surface area contributed by atoms with Gasteiger partial charge >= 0.3 is 5.97 Å². The molecule has 1 rings (SSSR count). The molecule has 1 saturated carbocycles. The normalized spacial score (nSPS) is 24.9. The van der Waals surface area contributed by atoms with Gasteiger partial charge in [-0.15, -0.1) is 0 Å². The molecule has 104 valence electrons. The summed E-state index contributed by atoms with van der Waals surface area (Å²) in [5.41, 5.74) is 5.89. The second-order valence-corrected chi connectivity index (χ2v) is 5.42. The molecule has 1 aliphatic carbocycles. The lowest BCUT2D eigenvalue weighted by Crippen LogP contribution is -2.47. The highest BCUT2D eigenvalue weighted by Gasteiger charge is 2.33. The van der Waals surface area contributed by atoms with E-state index >= 15 is 0 Å². The Morgan fingerprint density at radius 2 is 2.06 bits per heavy atom. The average Bonchev–Trinajstić information content (AvgIpc) is 2.73. The minimum absolute atomic E-state index is 0.0812. The zero-order chi connectivity index (χ0) is 13.7. The zero-order valence-electron chi connectivity index (χ0n) is 11.4. The first-order valence-corrected chi connectivity index (χ1v) is 6.59. The second-order valence-electron chi connectivity index (χ2n) is 5.42. The molecule has 0 bridgehead atoms. The molecular formula is C13H24N2O3. The van der Waals surface area contributed by atoms with Crippen molar-refractivity contribution in [1.29, 1.82) is 0 Å². The van der Waals surface area contributed by atoms with E-state index in [4.69, 9.17) is 10.5 Å². The monoisotopic (exact) mass is 256 g/mol. The van der Waals surface area contributed by atoms with Crippen molar-refractivity contribution in [2.75, 3.05) is 7.11 Å². The van der Waals surface area contributed by atoms with Crippen molar-refractivity contribution in [2.24, 2.45) is 17.6 Å². The van der Waals surface area contributed by atoms with Crippen LogP contribution in [0.2, 0.25) is 0 Å². The fourth-order valence-electron chi connectivity index (χ4n) is 2.42. The molecule has 3 atom stereocenters. The van der Waals surface area contributed by atoms with Gasteiger partial charge in [-0.1, -0.05) is 20.3 Å². The van der Waals surface area contributed by atoms with Crippen molar-refractivity contribution in [1.82, 2.24) is 5.32 Å². The van der Waals surface area contributed by atoms with Gasteiger partial charge in [-0.25, -0.2) is 4.79 Å². The molecule has 5 nitrogen and oxygen atoms in total. The summed E-state index contributed by atoms with van der Waals surface area (Å²) in [6, 6.07) is -0.641. The highest BCUT2D eigenvalue weighted by Crippen LogP contribution is 2.24. The highest BCUT2D eigenvalue weighted by molar-refractivity contribution is 5.86. The number of nitrogens with two attached hydrogens (primary N) is 1. The number of amides is 1. The van der Waals surface area contributed by atoms with E-state index in [1.807, 2.05) is 13.8 Å². The van der Waals surface area contributed by atoms with Crippen molar-refractivity contribution in [3.63, 3.8) is 0 Å². The first kappa shape index (κ1) is 15.0. The third-order valence-electron chi connectivity index (χ3n) is 3.42. The summed E-state index contributed by atoms with van der Waals surface area (Å²) in [5, 5.41) is 2.78. The van der Waals surface area contributed by atoms with Gasteiger partial charge in [0, 0.05) is 6.04 Å². The van der Waals surface area contributed by atoms with Gasteiger partial charge in [0.1, 0.15) is 6.04 Å². The number of hydrogen-bond donors (Lipinski definition) is 2. The largest absolute Gasteiger partial charge is 0.467 e. The third-order valence-corrected chi connectivity index (χ3v) is 3.42. The van der Waals surface area contributed by atoms with Crippen LogP contribution in [-0.4, -0.2) is 31.1 Å². The van der Waals surface area contributed by atoms with Gasteiger partial charge in [0.25, 0.3) is 0 Å². The molecule has 18 heavy (non-hydrogen) atoms. The van der Waals surface area contributed by atoms with Crippen LogP contribution in [0.25, 0.3) is 0 Å². The first-order valence-electron chi connectivity index (χ1n) is 6.59. The first-order chi connectivity index (χ1) is 8.45. The lowest BCUT2D eigenvalue weighted by Gasteiger charge is -2.22. The molecule has 0 spiro atoms. The maximum Gasteiger partial charge on any atom is 0.328 e. The number of methoxy groups -OCH3 is 1. The van der Waals surface area contributed by atoms with E-state index in [0.717, 1.165) is 19.3 Å². The van der Waals surface area contributed by atoms with E-state index in [9.17, 15) is 9.59 Å². The van der Waals surface area contributed by atoms with Crippen molar-refractivity contribution in [2.45, 2.75) is 51.6 Å². The zero-order valence-corrected chi connectivity index (χ0v) is 11.4. The summed E-state index contributed by atoms with van der Waals surface area (Å²) in [7, 11) is 1.34. The van der Waals surface area contributed by atoms with Crippen molar-refractivity contribution in [3.8, 4) is 0 Å². The Morgan fingerprint density at radius 1 is 1.39 bits per heavy atom. The van der Waals surface area contributed by atoms with Gasteiger partial charge in [-0.2, -0.15) is 0 Å². The summed E-state index contributed by atoms with van der Waals surface area (Å²) in [5.74, 6) is -0.351. The summed E-state index contributed by atoms with van der Waals surface area (Å²) in [4.78, 5) is 23.7. The fraction of sp³-hybridized carbons (Fsp3) is 0.846. The quantitative estimate of drug-likeness (QED) is 0.713. The Morgan fingerprint density at radius 3 is 2.50 bits per heavy atom. The standard InChI is InChI=1S/C13H24N2O3/c1-8(2)7-11(13(17)18-3)15-12(16)9-5-4-6-10(9)14/h8-11H,4-7,14H2,1-3H3,(H,15,16). The van der Waals surface area contributed by atoms with Gasteiger partial charge in [-0.3, -0.25) is 4.79 Å². The van der Waals surface area contributed by atoms with Crippen molar-refractivity contribution >= 4 is 11.9 Å². The molecule has 0 heterocycles. The van der Waals surface area contributed by atoms with Crippen LogP contribution in [0.4, 0.5) is 0 Å². The Kier molecular flexibility index (Phi) is 5.59. The Labute approximate surface area is 108 Å². The van der Waals surface area contributed by atoms with E-state index < -0.39 is 6.04 Å². The Balaban J connectivity index is 2.59. The highest BCUT2D eigenvalue weighted by atomic mass is 16.5. The third kappa shape index (κ3) is 3.98. The summed E-state index contributed by atoms with van der Waals surface area (Å²) in [6.45, 7) is 4.01. The van der Waals surface area contributed by atoms with Gasteiger partial charge in [0.15, 0.2) is 0 Å². The molecule has 0 aliphatic heterocycles. The Hall–Kier alpha value is -1.10. The van der Waals surface area contributed by atoms with Crippen LogP contribution in [0.1, 0.15) is 39.5 Å². The number of esters is 1. The van der Waals surface area contributed by atoms with Crippen molar-refractivity contribution < 1.29 is 14.3 Å². The van der Waals surface area contributed by atoms with Crippen LogP contribution in [-0.2, 0) is 14.3 Å². The van der Waals surface area contributed by atoms with E-state index in [1.54, 1.807) is 0 Å². The molecule has 1 fully saturated rings. The lowest BCUT2D eigenvalue weighted by molar-refractivity contribution is -0.146. The minimum atomic E-state index is -0.560. The number of carbonyl (C=O) groups is 2. The number of hydrogen-bond acceptors (Lipinski definition) is 4. The molecule has 5 heteroatoms. The maximum atomic E-state index is 12.1. The Bertz CT molecular complexity index is 305. The number of carbonyl (C=O) groups excluding carboxylic acids is 2. The molecule has 3 unspecified atom stereocenters. The van der Waals surface area contributed by atoms with Gasteiger partial charge in [0.2, 0.25) is 5.91 Å². The molecule has 0 aromatic rings. The number of rotatable bonds is 5. The second kappa shape index (κ2) is 6.73. The van der Waals surface area contributed by atoms with Gasteiger partial charge < -0.3 is 15.8 Å². The SMILES string of the molecule is COC(=O)C(CC(C)C)NC(=O)C1CCCC1N. The fourth-order valence-corrected chi connectivity index (χ4v) is 2.42. The van der Waals surface area contributed by atoms with Crippen LogP contribution in [0.5, 0.6) is 0 Å². The lowest BCUT2D eigenvalue weighted by atomic mass is 10.00. The van der Waals surface area contributed by atoms with Crippen LogP contribution in [0.3, 0.4) is 0 Å². The predicted molar refractivity (Wildman–Crippen MR) is 68.7 cm³/mol. The smallest absolute Gasteiger partial charge is 0.328 e. The molecule has 1 aliphatic rings. The predicted octanol–water partition coefficient (Wildman–Crippen LogP) is 0.818. The number of nitrogens with one attached hydrogen (secondary N) is 1. The molecule has 3 N–H and O–H groups in total. The van der Waals surface area contributed by atoms with Crippen LogP contribution in [0.15, 0.2) is 0 Å². The topological polar surface area (TPSA) is 81.4 Å². The van der Waals surface area contributed by atoms with Crippen LogP contribution >= 0.6 is 0 Å². The summed E-state index contributed by atoms with van der Waals surface area (Å²) in [6.07, 6.45) is 3.25. The van der Waals surface area contributed by atoms with Crippen LogP contribution < -0.4 is 11.1 Å². The molecular weight excluding hydrogens is 232 g/mol. The van der Waals surface area contributed by atoms with E-state index in [0.29, 0.717) is 12.3 Å². The van der Waals surface area contributed by atoms with Gasteiger partial charge in [0.05, 0.1) is 13.0 Å². The van der Waals surface area contributed by atoms with Gasteiger partial charge in [-0.05, 0) is 25.2 Å². The molecule has 0 aromatic heterocycles. The molecule has 0 radical (unpaired) electrons. The van der Waals surface area contributed by atoms with E-state index in [-0.39, 0.29) is 23.8 Å². The van der Waals surface area contributed by atoms with Crippen molar-refractivity contribution in [3.05, 3.63) is 0 Å². The molecule has 0 saturated heterocycles. The van der Waals surface area contributed by atoms with E-state index in [2.05, 4.69) is 5.32 Å². The number of ether oxygens (including phenoxy) is 1.